The highest BCUT2D eigenvalue weighted by Crippen LogP contribution is 2.29. The lowest BCUT2D eigenvalue weighted by atomic mass is 10.1. The number of alkyl halides is 1. The van der Waals surface area contributed by atoms with Gasteiger partial charge in [0.05, 0.1) is 0 Å². The van der Waals surface area contributed by atoms with Gasteiger partial charge in [-0.3, -0.25) is 0 Å². The highest BCUT2D eigenvalue weighted by atomic mass is 35.5. The van der Waals surface area contributed by atoms with E-state index in [2.05, 4.69) is 10.3 Å². The number of aromatic nitrogens is 1. The van der Waals surface area contributed by atoms with Crippen LogP contribution in [0, 0.1) is 5.92 Å². The van der Waals surface area contributed by atoms with E-state index in [-0.39, 0.29) is 0 Å². The van der Waals surface area contributed by atoms with E-state index in [0.29, 0.717) is 5.38 Å². The van der Waals surface area contributed by atoms with Crippen molar-refractivity contribution in [3.05, 3.63) is 24.4 Å². The van der Waals surface area contributed by atoms with Gasteiger partial charge < -0.3 is 5.32 Å². The van der Waals surface area contributed by atoms with E-state index in [9.17, 15) is 0 Å². The van der Waals surface area contributed by atoms with Gasteiger partial charge in [0.1, 0.15) is 5.82 Å². The molecule has 1 saturated carbocycles. The summed E-state index contributed by atoms with van der Waals surface area (Å²) in [4.78, 5) is 4.21. The molecule has 14 heavy (non-hydrogen) atoms. The number of pyridine rings is 1. The molecule has 0 amide bonds. The lowest BCUT2D eigenvalue weighted by Crippen LogP contribution is -2.12. The SMILES string of the molecule is ClC1CCC(CNc2ccccn2)C1. The van der Waals surface area contributed by atoms with Gasteiger partial charge in [-0.15, -0.1) is 11.6 Å². The lowest BCUT2D eigenvalue weighted by molar-refractivity contribution is 0.579. The molecule has 0 aliphatic heterocycles. The predicted molar refractivity (Wildman–Crippen MR) is 59.7 cm³/mol. The molecule has 0 spiro atoms. The number of anilines is 1. The summed E-state index contributed by atoms with van der Waals surface area (Å²) in [7, 11) is 0. The van der Waals surface area contributed by atoms with Gasteiger partial charge in [-0.25, -0.2) is 4.98 Å². The van der Waals surface area contributed by atoms with E-state index in [4.69, 9.17) is 11.6 Å². The molecule has 0 aromatic carbocycles. The summed E-state index contributed by atoms with van der Waals surface area (Å²) >= 11 is 6.05. The average molecular weight is 211 g/mol. The minimum Gasteiger partial charge on any atom is -0.370 e. The van der Waals surface area contributed by atoms with Crippen molar-refractivity contribution in [2.75, 3.05) is 11.9 Å². The first-order chi connectivity index (χ1) is 6.84. The number of hydrogen-bond donors (Lipinski definition) is 1. The molecule has 2 atom stereocenters. The van der Waals surface area contributed by atoms with E-state index < -0.39 is 0 Å². The monoisotopic (exact) mass is 210 g/mol. The van der Waals surface area contributed by atoms with Crippen molar-refractivity contribution in [1.29, 1.82) is 0 Å². The minimum absolute atomic E-state index is 0.394. The normalized spacial score (nSPS) is 26.4. The maximum Gasteiger partial charge on any atom is 0.125 e. The fraction of sp³-hybridized carbons (Fsp3) is 0.545. The predicted octanol–water partition coefficient (Wildman–Crippen LogP) is 2.90. The summed E-state index contributed by atoms with van der Waals surface area (Å²) in [6, 6.07) is 5.91. The fourth-order valence-corrected chi connectivity index (χ4v) is 2.29. The second-order valence-corrected chi connectivity index (χ2v) is 4.49. The highest BCUT2D eigenvalue weighted by Gasteiger charge is 2.22. The van der Waals surface area contributed by atoms with Crippen LogP contribution in [0.2, 0.25) is 0 Å². The maximum absolute atomic E-state index is 6.05. The summed E-state index contributed by atoms with van der Waals surface area (Å²) < 4.78 is 0. The molecule has 1 heterocycles. The Kier molecular flexibility index (Phi) is 3.25. The van der Waals surface area contributed by atoms with Crippen LogP contribution in [0.25, 0.3) is 0 Å². The number of nitrogens with one attached hydrogen (secondary N) is 1. The van der Waals surface area contributed by atoms with Crippen molar-refractivity contribution in [3.8, 4) is 0 Å². The third-order valence-corrected chi connectivity index (χ3v) is 3.11. The summed E-state index contributed by atoms with van der Waals surface area (Å²) in [6.45, 7) is 1.00. The van der Waals surface area contributed by atoms with Crippen molar-refractivity contribution in [3.63, 3.8) is 0 Å². The summed E-state index contributed by atoms with van der Waals surface area (Å²) in [5.41, 5.74) is 0. The first-order valence-electron chi connectivity index (χ1n) is 5.13. The Morgan fingerprint density at radius 3 is 3.00 bits per heavy atom. The van der Waals surface area contributed by atoms with Crippen LogP contribution in [-0.2, 0) is 0 Å². The standard InChI is InChI=1S/C11H15ClN2/c12-10-5-4-9(7-10)8-14-11-3-1-2-6-13-11/h1-3,6,9-10H,4-5,7-8H2,(H,13,14). The topological polar surface area (TPSA) is 24.9 Å². The van der Waals surface area contributed by atoms with Gasteiger partial charge >= 0.3 is 0 Å². The Balaban J connectivity index is 1.78. The van der Waals surface area contributed by atoms with Crippen molar-refractivity contribution < 1.29 is 0 Å². The van der Waals surface area contributed by atoms with Crippen molar-refractivity contribution in [2.24, 2.45) is 5.92 Å². The molecule has 2 rings (SSSR count). The van der Waals surface area contributed by atoms with Gasteiger partial charge in [0.2, 0.25) is 0 Å². The number of hydrogen-bond acceptors (Lipinski definition) is 2. The van der Waals surface area contributed by atoms with E-state index in [1.54, 1.807) is 6.20 Å². The highest BCUT2D eigenvalue weighted by molar-refractivity contribution is 6.20. The fourth-order valence-electron chi connectivity index (χ4n) is 1.92. The smallest absolute Gasteiger partial charge is 0.125 e. The second-order valence-electron chi connectivity index (χ2n) is 3.87. The van der Waals surface area contributed by atoms with Gasteiger partial charge in [-0.2, -0.15) is 0 Å². The molecule has 1 aliphatic carbocycles. The van der Waals surface area contributed by atoms with Crippen LogP contribution < -0.4 is 5.32 Å². The Bertz CT molecular complexity index is 276. The van der Waals surface area contributed by atoms with Crippen molar-refractivity contribution in [1.82, 2.24) is 4.98 Å². The van der Waals surface area contributed by atoms with Crippen LogP contribution in [0.1, 0.15) is 19.3 Å². The van der Waals surface area contributed by atoms with Gasteiger partial charge in [-0.1, -0.05) is 6.07 Å². The average Bonchev–Trinajstić information content (AvgIpc) is 2.63. The third kappa shape index (κ3) is 2.61. The van der Waals surface area contributed by atoms with Gasteiger partial charge in [0.15, 0.2) is 0 Å². The second kappa shape index (κ2) is 4.65. The minimum atomic E-state index is 0.394. The molecule has 76 valence electrons. The van der Waals surface area contributed by atoms with E-state index in [0.717, 1.165) is 31.1 Å². The van der Waals surface area contributed by atoms with Crippen LogP contribution >= 0.6 is 11.6 Å². The van der Waals surface area contributed by atoms with Gasteiger partial charge in [0, 0.05) is 18.1 Å². The molecule has 1 N–H and O–H groups in total. The zero-order valence-corrected chi connectivity index (χ0v) is 8.87. The molecular weight excluding hydrogens is 196 g/mol. The first kappa shape index (κ1) is 9.78. The largest absolute Gasteiger partial charge is 0.370 e. The zero-order chi connectivity index (χ0) is 9.80. The van der Waals surface area contributed by atoms with Crippen LogP contribution in [-0.4, -0.2) is 16.9 Å². The quantitative estimate of drug-likeness (QED) is 0.777. The van der Waals surface area contributed by atoms with Crippen LogP contribution in [0.4, 0.5) is 5.82 Å². The molecule has 0 bridgehead atoms. The molecule has 0 saturated heterocycles. The third-order valence-electron chi connectivity index (χ3n) is 2.71. The molecule has 1 aliphatic rings. The molecule has 1 aromatic rings. The summed E-state index contributed by atoms with van der Waals surface area (Å²) in [5.74, 6) is 1.69. The van der Waals surface area contributed by atoms with Crippen LogP contribution in [0.5, 0.6) is 0 Å². The van der Waals surface area contributed by atoms with Crippen molar-refractivity contribution in [2.45, 2.75) is 24.6 Å². The number of nitrogens with zero attached hydrogens (tertiary/aromatic N) is 1. The molecule has 2 unspecified atom stereocenters. The van der Waals surface area contributed by atoms with Crippen LogP contribution in [0.15, 0.2) is 24.4 Å². The molecular formula is C11H15ClN2. The van der Waals surface area contributed by atoms with Gasteiger partial charge in [-0.05, 0) is 37.3 Å². The van der Waals surface area contributed by atoms with Gasteiger partial charge in [0.25, 0.3) is 0 Å². The molecule has 2 nitrogen and oxygen atoms in total. The Morgan fingerprint density at radius 1 is 1.43 bits per heavy atom. The molecule has 1 aromatic heterocycles. The van der Waals surface area contributed by atoms with E-state index in [1.807, 2.05) is 18.2 Å². The zero-order valence-electron chi connectivity index (χ0n) is 8.12. The maximum atomic E-state index is 6.05. The molecule has 1 fully saturated rings. The number of halogens is 1. The number of rotatable bonds is 3. The summed E-state index contributed by atoms with van der Waals surface area (Å²) in [6.07, 6.45) is 5.35. The van der Waals surface area contributed by atoms with Crippen LogP contribution in [0.3, 0.4) is 0 Å². The molecule has 0 radical (unpaired) electrons. The molecule has 3 heteroatoms. The lowest BCUT2D eigenvalue weighted by Gasteiger charge is -2.10. The summed E-state index contributed by atoms with van der Waals surface area (Å²) in [5, 5.41) is 3.73. The van der Waals surface area contributed by atoms with Crippen molar-refractivity contribution >= 4 is 17.4 Å². The van der Waals surface area contributed by atoms with E-state index in [1.165, 1.54) is 6.42 Å². The van der Waals surface area contributed by atoms with E-state index >= 15 is 0 Å². The first-order valence-corrected chi connectivity index (χ1v) is 5.57. The Labute approximate surface area is 89.7 Å². The Hall–Kier alpha value is -0.760. The Morgan fingerprint density at radius 2 is 2.36 bits per heavy atom.